The number of hydrogen-bond donors (Lipinski definition) is 3. The van der Waals surface area contributed by atoms with Gasteiger partial charge in [-0.3, -0.25) is 9.97 Å². The fourth-order valence-corrected chi connectivity index (χ4v) is 6.34. The molecule has 0 radical (unpaired) electrons. The third-order valence-electron chi connectivity index (χ3n) is 9.26. The van der Waals surface area contributed by atoms with E-state index in [9.17, 15) is 19.1 Å². The Bertz CT molecular complexity index is 2410. The summed E-state index contributed by atoms with van der Waals surface area (Å²) in [6.07, 6.45) is 5.67. The third-order valence-corrected chi connectivity index (χ3v) is 9.26. The van der Waals surface area contributed by atoms with Gasteiger partial charge < -0.3 is 30.0 Å². The second-order valence-electron chi connectivity index (χ2n) is 14.3. The quantitative estimate of drug-likeness (QED) is 0.0973. The fraction of sp³-hybridized carbons (Fsp3) is 0.234. The molecule has 0 unspecified atom stereocenters. The topological polar surface area (TPSA) is 132 Å². The molecule has 10 nitrogen and oxygen atoms in total. The second-order valence-corrected chi connectivity index (χ2v) is 14.3. The van der Waals surface area contributed by atoms with E-state index < -0.39 is 11.8 Å². The van der Waals surface area contributed by atoms with Crippen LogP contribution in [-0.4, -0.2) is 46.8 Å². The monoisotopic (exact) mass is 782 g/mol. The number of ether oxygens (including phenoxy) is 3. The van der Waals surface area contributed by atoms with Gasteiger partial charge in [-0.05, 0) is 132 Å². The number of halogens is 1. The number of nitrogens with zero attached hydrogens (tertiary/aromatic N) is 2. The number of esters is 1. The van der Waals surface area contributed by atoms with Crippen LogP contribution in [0.5, 0.6) is 11.5 Å². The summed E-state index contributed by atoms with van der Waals surface area (Å²) < 4.78 is 30.5. The zero-order valence-electron chi connectivity index (χ0n) is 33.4. The van der Waals surface area contributed by atoms with Crippen molar-refractivity contribution in [2.45, 2.75) is 59.5 Å². The van der Waals surface area contributed by atoms with Crippen molar-refractivity contribution in [2.24, 2.45) is 0 Å². The number of anilines is 4. The van der Waals surface area contributed by atoms with Crippen LogP contribution in [0.25, 0.3) is 22.5 Å². The van der Waals surface area contributed by atoms with Crippen LogP contribution in [0.3, 0.4) is 0 Å². The van der Waals surface area contributed by atoms with Crippen molar-refractivity contribution in [1.29, 1.82) is 0 Å². The first-order valence-corrected chi connectivity index (χ1v) is 19.1. The number of aryl methyl sites for hydroxylation is 2. The van der Waals surface area contributed by atoms with Crippen LogP contribution in [0.15, 0.2) is 109 Å². The molecule has 0 amide bonds. The lowest BCUT2D eigenvalue weighted by molar-refractivity contribution is 0.0527. The molecule has 4 aromatic carbocycles. The molecule has 0 spiro atoms. The minimum absolute atomic E-state index is 0.0178. The number of carboxylic acids is 1. The Labute approximate surface area is 338 Å². The highest BCUT2D eigenvalue weighted by molar-refractivity contribution is 5.97. The number of rotatable bonds is 13. The summed E-state index contributed by atoms with van der Waals surface area (Å²) in [5, 5.41) is 15.8. The molecule has 6 aromatic rings. The Morgan fingerprint density at radius 2 is 1.50 bits per heavy atom. The Kier molecular flexibility index (Phi) is 13.0. The van der Waals surface area contributed by atoms with Crippen molar-refractivity contribution in [3.8, 4) is 34.0 Å². The first kappa shape index (κ1) is 40.9. The number of aromatic carboxylic acids is 1. The largest absolute Gasteiger partial charge is 0.497 e. The molecule has 0 saturated heterocycles. The molecule has 1 saturated carbocycles. The van der Waals surface area contributed by atoms with E-state index in [1.807, 2.05) is 83.3 Å². The van der Waals surface area contributed by atoms with Gasteiger partial charge in [0, 0.05) is 11.1 Å². The lowest BCUT2D eigenvalue weighted by atomic mass is 10.0. The summed E-state index contributed by atoms with van der Waals surface area (Å²) in [5.41, 5.74) is 9.26. The molecule has 1 fully saturated rings. The average Bonchev–Trinajstić information content (AvgIpc) is 4.06. The number of pyridine rings is 2. The van der Waals surface area contributed by atoms with Crippen LogP contribution in [0.4, 0.5) is 27.1 Å². The number of aromatic nitrogens is 2. The van der Waals surface area contributed by atoms with Gasteiger partial charge >= 0.3 is 11.9 Å². The van der Waals surface area contributed by atoms with E-state index >= 15 is 0 Å². The van der Waals surface area contributed by atoms with Crippen LogP contribution in [0.1, 0.15) is 76.9 Å². The van der Waals surface area contributed by atoms with E-state index in [4.69, 9.17) is 19.2 Å². The maximum absolute atomic E-state index is 14.2. The summed E-state index contributed by atoms with van der Waals surface area (Å²) in [6, 6.07) is 29.0. The van der Waals surface area contributed by atoms with Gasteiger partial charge in [0.1, 0.15) is 17.3 Å². The van der Waals surface area contributed by atoms with E-state index in [2.05, 4.69) is 27.8 Å². The SMILES string of the molecule is CCOC(=O)c1cc(C)ccc1Nc1cnc(-c2cccc(OC)c2)c(C2CC2)c1.Cc1ccc(Nc2ccc(-c3cc(OC(C)C)ccc3F)nc2)c(C(=O)O)c1. The fourth-order valence-electron chi connectivity index (χ4n) is 6.34. The molecule has 11 heteroatoms. The Morgan fingerprint density at radius 1 is 0.810 bits per heavy atom. The maximum Gasteiger partial charge on any atom is 0.340 e. The number of carboxylic acid groups (broad SMARTS) is 1. The van der Waals surface area contributed by atoms with Gasteiger partial charge in [0.2, 0.25) is 0 Å². The minimum Gasteiger partial charge on any atom is -0.497 e. The predicted octanol–water partition coefficient (Wildman–Crippen LogP) is 11.3. The second kappa shape index (κ2) is 18.5. The van der Waals surface area contributed by atoms with Crippen molar-refractivity contribution in [3.63, 3.8) is 0 Å². The summed E-state index contributed by atoms with van der Waals surface area (Å²) in [6.45, 7) is 9.75. The summed E-state index contributed by atoms with van der Waals surface area (Å²) in [5.74, 6) is 0.170. The van der Waals surface area contributed by atoms with E-state index in [-0.39, 0.29) is 17.6 Å². The first-order chi connectivity index (χ1) is 27.9. The predicted molar refractivity (Wildman–Crippen MR) is 225 cm³/mol. The molecule has 2 aromatic heterocycles. The van der Waals surface area contributed by atoms with E-state index in [0.29, 0.717) is 46.5 Å². The molecule has 0 aliphatic heterocycles. The van der Waals surface area contributed by atoms with Gasteiger partial charge in [-0.25, -0.2) is 14.0 Å². The summed E-state index contributed by atoms with van der Waals surface area (Å²) >= 11 is 0. The lowest BCUT2D eigenvalue weighted by Crippen LogP contribution is -2.08. The first-order valence-electron chi connectivity index (χ1n) is 19.1. The number of hydrogen-bond acceptors (Lipinski definition) is 9. The zero-order chi connectivity index (χ0) is 41.3. The van der Waals surface area contributed by atoms with Crippen LogP contribution in [-0.2, 0) is 4.74 Å². The smallest absolute Gasteiger partial charge is 0.340 e. The lowest BCUT2D eigenvalue weighted by Gasteiger charge is -2.15. The van der Waals surface area contributed by atoms with Gasteiger partial charge in [-0.1, -0.05) is 35.4 Å². The molecular weight excluding hydrogens is 736 g/mol. The van der Waals surface area contributed by atoms with Gasteiger partial charge in [0.15, 0.2) is 0 Å². The number of carbonyl (C=O) groups is 2. The molecule has 0 atom stereocenters. The Balaban J connectivity index is 0.000000196. The minimum atomic E-state index is -1.01. The highest BCUT2D eigenvalue weighted by Crippen LogP contribution is 2.45. The molecule has 1 aliphatic rings. The number of carbonyl (C=O) groups excluding carboxylic acids is 1. The van der Waals surface area contributed by atoms with Crippen molar-refractivity contribution < 1.29 is 33.3 Å². The summed E-state index contributed by atoms with van der Waals surface area (Å²) in [4.78, 5) is 32.9. The molecule has 3 N–H and O–H groups in total. The third kappa shape index (κ3) is 10.4. The molecule has 0 bridgehead atoms. The maximum atomic E-state index is 14.2. The number of nitrogens with one attached hydrogen (secondary N) is 2. The van der Waals surface area contributed by atoms with Crippen molar-refractivity contribution in [2.75, 3.05) is 24.4 Å². The van der Waals surface area contributed by atoms with E-state index in [1.54, 1.807) is 43.5 Å². The highest BCUT2D eigenvalue weighted by Gasteiger charge is 2.28. The molecular formula is C47H47FN4O6. The number of benzene rings is 4. The number of methoxy groups -OCH3 is 1. The van der Waals surface area contributed by atoms with Crippen molar-refractivity contribution in [1.82, 2.24) is 9.97 Å². The standard InChI is InChI=1S/C25H26N2O3.C22H21FN2O3/c1-4-30-25(28)22-12-16(2)8-11-23(22)27-19-14-21(17-9-10-17)24(26-15-19)18-6-5-7-20(13-18)29-3;1-13(2)28-16-6-7-19(23)17(11-16)20-9-5-15(12-24-20)25-21-8-4-14(3)10-18(21)22(26)27/h5-8,11-15,17,27H,4,9-10H2,1-3H3;4-13,25H,1-3H3,(H,26,27). The molecule has 1 aliphatic carbocycles. The van der Waals surface area contributed by atoms with Gasteiger partial charge in [-0.2, -0.15) is 0 Å². The zero-order valence-corrected chi connectivity index (χ0v) is 33.4. The Hall–Kier alpha value is -6.75. The normalized spacial score (nSPS) is 11.9. The summed E-state index contributed by atoms with van der Waals surface area (Å²) in [7, 11) is 1.67. The highest BCUT2D eigenvalue weighted by atomic mass is 19.1. The van der Waals surface area contributed by atoms with Crippen LogP contribution >= 0.6 is 0 Å². The van der Waals surface area contributed by atoms with Crippen molar-refractivity contribution in [3.05, 3.63) is 143 Å². The van der Waals surface area contributed by atoms with Crippen molar-refractivity contribution >= 4 is 34.7 Å². The molecule has 2 heterocycles. The van der Waals surface area contributed by atoms with Crippen LogP contribution in [0, 0.1) is 19.7 Å². The van der Waals surface area contributed by atoms with Gasteiger partial charge in [0.05, 0.1) is 77.5 Å². The molecule has 7 rings (SSSR count). The molecule has 298 valence electrons. The molecule has 58 heavy (non-hydrogen) atoms. The van der Waals surface area contributed by atoms with Gasteiger partial charge in [0.25, 0.3) is 0 Å². The van der Waals surface area contributed by atoms with Crippen LogP contribution in [0.2, 0.25) is 0 Å². The van der Waals surface area contributed by atoms with Crippen LogP contribution < -0.4 is 20.1 Å². The Morgan fingerprint density at radius 3 is 2.14 bits per heavy atom. The average molecular weight is 783 g/mol. The van der Waals surface area contributed by atoms with E-state index in [1.165, 1.54) is 30.7 Å². The van der Waals surface area contributed by atoms with E-state index in [0.717, 1.165) is 39.5 Å². The van der Waals surface area contributed by atoms with Gasteiger partial charge in [-0.15, -0.1) is 0 Å².